The van der Waals surface area contributed by atoms with E-state index >= 15 is 0 Å². The lowest BCUT2D eigenvalue weighted by molar-refractivity contribution is 0.365. The van der Waals surface area contributed by atoms with Crippen LogP contribution in [-0.4, -0.2) is 25.3 Å². The Morgan fingerprint density at radius 2 is 2.00 bits per heavy atom. The van der Waals surface area contributed by atoms with Gasteiger partial charge in [-0.15, -0.1) is 6.42 Å². The van der Waals surface area contributed by atoms with Gasteiger partial charge in [-0.05, 0) is 44.7 Å². The molecule has 1 aliphatic carbocycles. The molecule has 2 rings (SSSR count). The summed E-state index contributed by atoms with van der Waals surface area (Å²) in [5, 5.41) is 0. The summed E-state index contributed by atoms with van der Waals surface area (Å²) in [5.41, 5.74) is 1.03. The maximum Gasteiger partial charge on any atom is 0.244 e. The Labute approximate surface area is 127 Å². The second kappa shape index (κ2) is 6.46. The molecule has 0 bridgehead atoms. The van der Waals surface area contributed by atoms with Gasteiger partial charge < -0.3 is 0 Å². The lowest BCUT2D eigenvalue weighted by Gasteiger charge is -2.27. The van der Waals surface area contributed by atoms with E-state index in [9.17, 15) is 8.42 Å². The van der Waals surface area contributed by atoms with E-state index < -0.39 is 10.0 Å². The molecule has 1 unspecified atom stereocenters. The van der Waals surface area contributed by atoms with Crippen LogP contribution >= 0.6 is 0 Å². The average molecular weight is 303 g/mol. The zero-order chi connectivity index (χ0) is 15.5. The van der Waals surface area contributed by atoms with Crippen LogP contribution in [0.15, 0.2) is 41.3 Å². The highest BCUT2D eigenvalue weighted by molar-refractivity contribution is 7.89. The highest BCUT2D eigenvalue weighted by atomic mass is 32.2. The molecule has 0 amide bonds. The maximum absolute atomic E-state index is 12.9. The SMILES string of the molecule is C#CCN(C(C=CC)C1CC1)S(=O)(=O)c1ccc(C)cc1. The fraction of sp³-hybridized carbons (Fsp3) is 0.412. The van der Waals surface area contributed by atoms with Crippen molar-refractivity contribution in [2.45, 2.75) is 37.6 Å². The fourth-order valence-electron chi connectivity index (χ4n) is 2.41. The molecule has 0 saturated heterocycles. The predicted molar refractivity (Wildman–Crippen MR) is 85.2 cm³/mol. The summed E-state index contributed by atoms with van der Waals surface area (Å²) in [6, 6.07) is 6.77. The van der Waals surface area contributed by atoms with Crippen LogP contribution in [-0.2, 0) is 10.0 Å². The Kier molecular flexibility index (Phi) is 4.87. The van der Waals surface area contributed by atoms with Gasteiger partial charge in [0, 0.05) is 6.04 Å². The van der Waals surface area contributed by atoms with Crippen LogP contribution in [0.5, 0.6) is 0 Å². The topological polar surface area (TPSA) is 37.4 Å². The Balaban J connectivity index is 2.40. The van der Waals surface area contributed by atoms with Crippen molar-refractivity contribution in [2.75, 3.05) is 6.54 Å². The second-order valence-electron chi connectivity index (χ2n) is 5.42. The second-order valence-corrected chi connectivity index (χ2v) is 7.31. The van der Waals surface area contributed by atoms with Gasteiger partial charge in [0.25, 0.3) is 0 Å². The number of benzene rings is 1. The minimum absolute atomic E-state index is 0.0989. The zero-order valence-electron chi connectivity index (χ0n) is 12.5. The van der Waals surface area contributed by atoms with E-state index in [1.807, 2.05) is 38.1 Å². The van der Waals surface area contributed by atoms with Crippen molar-refractivity contribution < 1.29 is 8.42 Å². The molecule has 112 valence electrons. The quantitative estimate of drug-likeness (QED) is 0.598. The van der Waals surface area contributed by atoms with Crippen molar-refractivity contribution in [3.8, 4) is 12.3 Å². The molecular formula is C17H21NO2S. The molecule has 1 aliphatic rings. The predicted octanol–water partition coefficient (Wildman–Crippen LogP) is 2.97. The lowest BCUT2D eigenvalue weighted by atomic mass is 10.1. The van der Waals surface area contributed by atoms with Crippen LogP contribution in [0, 0.1) is 25.2 Å². The number of terminal acetylenes is 1. The first-order valence-corrected chi connectivity index (χ1v) is 8.59. The molecule has 1 saturated carbocycles. The molecule has 1 atom stereocenters. The standard InChI is InChI=1S/C17H21NO2S/c1-4-6-17(15-9-10-15)18(13-5-2)21(19,20)16-11-7-14(3)8-12-16/h2,4,6-8,11-12,15,17H,9-10,13H2,1,3H3. The van der Waals surface area contributed by atoms with Crippen molar-refractivity contribution in [1.82, 2.24) is 4.31 Å². The third kappa shape index (κ3) is 3.55. The minimum Gasteiger partial charge on any atom is -0.207 e. The number of nitrogens with zero attached hydrogens (tertiary/aromatic N) is 1. The molecule has 0 heterocycles. The summed E-state index contributed by atoms with van der Waals surface area (Å²) in [5.74, 6) is 2.87. The van der Waals surface area contributed by atoms with Crippen molar-refractivity contribution >= 4 is 10.0 Å². The molecule has 0 aliphatic heterocycles. The van der Waals surface area contributed by atoms with Gasteiger partial charge in [-0.1, -0.05) is 35.8 Å². The van der Waals surface area contributed by atoms with Crippen molar-refractivity contribution in [1.29, 1.82) is 0 Å². The maximum atomic E-state index is 12.9. The summed E-state index contributed by atoms with van der Waals surface area (Å²) in [6.07, 6.45) is 11.4. The van der Waals surface area contributed by atoms with Gasteiger partial charge in [0.15, 0.2) is 0 Å². The van der Waals surface area contributed by atoms with Crippen LogP contribution in [0.4, 0.5) is 0 Å². The van der Waals surface area contributed by atoms with Crippen molar-refractivity contribution in [3.05, 3.63) is 42.0 Å². The molecule has 0 N–H and O–H groups in total. The van der Waals surface area contributed by atoms with Gasteiger partial charge in [-0.25, -0.2) is 8.42 Å². The minimum atomic E-state index is -3.57. The Morgan fingerprint density at radius 1 is 1.38 bits per heavy atom. The van der Waals surface area contributed by atoms with Crippen LogP contribution < -0.4 is 0 Å². The van der Waals surface area contributed by atoms with E-state index in [0.29, 0.717) is 10.8 Å². The molecule has 1 fully saturated rings. The molecule has 0 spiro atoms. The van der Waals surface area contributed by atoms with Crippen LogP contribution in [0.25, 0.3) is 0 Å². The summed E-state index contributed by atoms with van der Waals surface area (Å²) < 4.78 is 27.2. The summed E-state index contributed by atoms with van der Waals surface area (Å²) in [6.45, 7) is 3.94. The first-order valence-electron chi connectivity index (χ1n) is 7.15. The molecular weight excluding hydrogens is 282 g/mol. The number of sulfonamides is 1. The average Bonchev–Trinajstić information content (AvgIpc) is 3.27. The van der Waals surface area contributed by atoms with Crippen LogP contribution in [0.2, 0.25) is 0 Å². The first kappa shape index (κ1) is 15.8. The third-order valence-electron chi connectivity index (χ3n) is 3.70. The van der Waals surface area contributed by atoms with E-state index in [-0.39, 0.29) is 12.6 Å². The number of hydrogen-bond donors (Lipinski definition) is 0. The molecule has 3 nitrogen and oxygen atoms in total. The molecule has 1 aromatic rings. The fourth-order valence-corrected chi connectivity index (χ4v) is 3.97. The first-order chi connectivity index (χ1) is 10.0. The summed E-state index contributed by atoms with van der Waals surface area (Å²) in [7, 11) is -3.57. The van der Waals surface area contributed by atoms with Gasteiger partial charge in [0.1, 0.15) is 0 Å². The summed E-state index contributed by atoms with van der Waals surface area (Å²) >= 11 is 0. The van der Waals surface area contributed by atoms with Gasteiger partial charge in [-0.2, -0.15) is 4.31 Å². The highest BCUT2D eigenvalue weighted by Gasteiger charge is 2.39. The zero-order valence-corrected chi connectivity index (χ0v) is 13.3. The monoisotopic (exact) mass is 303 g/mol. The van der Waals surface area contributed by atoms with Crippen molar-refractivity contribution in [3.63, 3.8) is 0 Å². The number of allylic oxidation sites excluding steroid dienone is 1. The Bertz CT molecular complexity index is 649. The van der Waals surface area contributed by atoms with Gasteiger partial charge in [0.05, 0.1) is 11.4 Å². The van der Waals surface area contributed by atoms with Crippen LogP contribution in [0.3, 0.4) is 0 Å². The Morgan fingerprint density at radius 3 is 2.48 bits per heavy atom. The smallest absolute Gasteiger partial charge is 0.207 e. The highest BCUT2D eigenvalue weighted by Crippen LogP contribution is 2.38. The molecule has 0 aromatic heterocycles. The molecule has 1 aromatic carbocycles. The Hall–Kier alpha value is -1.57. The molecule has 0 radical (unpaired) electrons. The lowest BCUT2D eigenvalue weighted by Crippen LogP contribution is -2.40. The van der Waals surface area contributed by atoms with Gasteiger partial charge >= 0.3 is 0 Å². The van der Waals surface area contributed by atoms with Crippen molar-refractivity contribution in [2.24, 2.45) is 5.92 Å². The van der Waals surface area contributed by atoms with E-state index in [0.717, 1.165) is 18.4 Å². The van der Waals surface area contributed by atoms with E-state index in [2.05, 4.69) is 5.92 Å². The van der Waals surface area contributed by atoms with E-state index in [1.54, 1.807) is 12.1 Å². The number of rotatable bonds is 6. The number of hydrogen-bond acceptors (Lipinski definition) is 2. The third-order valence-corrected chi connectivity index (χ3v) is 5.56. The number of aryl methyl sites for hydroxylation is 1. The molecule has 21 heavy (non-hydrogen) atoms. The molecule has 4 heteroatoms. The van der Waals surface area contributed by atoms with E-state index in [1.165, 1.54) is 4.31 Å². The largest absolute Gasteiger partial charge is 0.244 e. The van der Waals surface area contributed by atoms with Crippen LogP contribution in [0.1, 0.15) is 25.3 Å². The van der Waals surface area contributed by atoms with Gasteiger partial charge in [-0.3, -0.25) is 0 Å². The summed E-state index contributed by atoms with van der Waals surface area (Å²) in [4.78, 5) is 0.304. The van der Waals surface area contributed by atoms with Gasteiger partial charge in [0.2, 0.25) is 10.0 Å². The van der Waals surface area contributed by atoms with E-state index in [4.69, 9.17) is 6.42 Å². The normalized spacial score (nSPS) is 17.0.